The molecule has 1 heterocycles. The lowest BCUT2D eigenvalue weighted by molar-refractivity contribution is -0.147. The van der Waals surface area contributed by atoms with E-state index in [1.807, 2.05) is 13.8 Å². The highest BCUT2D eigenvalue weighted by Gasteiger charge is 2.30. The van der Waals surface area contributed by atoms with Crippen LogP contribution in [0.25, 0.3) is 0 Å². The second-order valence-electron chi connectivity index (χ2n) is 4.94. The molecule has 104 valence electrons. The van der Waals surface area contributed by atoms with E-state index in [-0.39, 0.29) is 23.7 Å². The minimum absolute atomic E-state index is 0.0324. The second-order valence-corrected chi connectivity index (χ2v) is 4.94. The van der Waals surface area contributed by atoms with E-state index in [2.05, 4.69) is 10.6 Å². The second kappa shape index (κ2) is 7.36. The summed E-state index contributed by atoms with van der Waals surface area (Å²) in [6.07, 6.45) is 2.71. The van der Waals surface area contributed by atoms with Crippen LogP contribution in [0.3, 0.4) is 0 Å². The van der Waals surface area contributed by atoms with Crippen molar-refractivity contribution in [3.63, 3.8) is 0 Å². The zero-order valence-corrected chi connectivity index (χ0v) is 11.5. The average molecular weight is 256 g/mol. The number of esters is 1. The molecular formula is C13H24N2O3. The Bertz CT molecular complexity index is 288. The largest absolute Gasteiger partial charge is 0.467 e. The normalized spacial score (nSPS) is 22.9. The average Bonchev–Trinajstić information content (AvgIpc) is 2.43. The first-order chi connectivity index (χ1) is 8.60. The lowest BCUT2D eigenvalue weighted by Gasteiger charge is -2.26. The molecule has 0 bridgehead atoms. The number of carbonyl (C=O) groups is 2. The van der Waals surface area contributed by atoms with Crippen molar-refractivity contribution in [2.45, 2.75) is 39.2 Å². The summed E-state index contributed by atoms with van der Waals surface area (Å²) in [5.41, 5.74) is 0. The maximum Gasteiger partial charge on any atom is 0.328 e. The highest BCUT2D eigenvalue weighted by atomic mass is 16.5. The first-order valence-corrected chi connectivity index (χ1v) is 6.69. The molecule has 5 heteroatoms. The molecule has 18 heavy (non-hydrogen) atoms. The molecule has 0 aromatic rings. The van der Waals surface area contributed by atoms with Crippen molar-refractivity contribution in [1.82, 2.24) is 10.6 Å². The van der Waals surface area contributed by atoms with E-state index in [1.54, 1.807) is 0 Å². The maximum atomic E-state index is 12.1. The van der Waals surface area contributed by atoms with E-state index < -0.39 is 6.04 Å². The molecule has 1 aliphatic rings. The van der Waals surface area contributed by atoms with Gasteiger partial charge in [0.1, 0.15) is 6.04 Å². The molecule has 0 spiro atoms. The summed E-state index contributed by atoms with van der Waals surface area (Å²) in [5.74, 6) is -0.354. The van der Waals surface area contributed by atoms with Crippen LogP contribution in [-0.2, 0) is 14.3 Å². The fraction of sp³-hybridized carbons (Fsp3) is 0.846. The van der Waals surface area contributed by atoms with Gasteiger partial charge in [-0.25, -0.2) is 4.79 Å². The van der Waals surface area contributed by atoms with Gasteiger partial charge >= 0.3 is 5.97 Å². The first-order valence-electron chi connectivity index (χ1n) is 6.69. The van der Waals surface area contributed by atoms with Crippen LogP contribution in [0.2, 0.25) is 0 Å². The minimum Gasteiger partial charge on any atom is -0.467 e. The Kier molecular flexibility index (Phi) is 6.12. The highest BCUT2D eigenvalue weighted by Crippen LogP contribution is 2.13. The zero-order valence-electron chi connectivity index (χ0n) is 11.5. The van der Waals surface area contributed by atoms with Crippen molar-refractivity contribution in [2.24, 2.45) is 11.8 Å². The van der Waals surface area contributed by atoms with Crippen LogP contribution in [0, 0.1) is 11.8 Å². The Hall–Kier alpha value is -1.10. The van der Waals surface area contributed by atoms with Gasteiger partial charge in [0, 0.05) is 6.54 Å². The molecule has 1 saturated heterocycles. The lowest BCUT2D eigenvalue weighted by atomic mass is 9.95. The van der Waals surface area contributed by atoms with Crippen molar-refractivity contribution in [3.8, 4) is 0 Å². The summed E-state index contributed by atoms with van der Waals surface area (Å²) < 4.78 is 4.75. The molecule has 1 fully saturated rings. The van der Waals surface area contributed by atoms with E-state index in [4.69, 9.17) is 4.74 Å². The Morgan fingerprint density at radius 3 is 2.72 bits per heavy atom. The zero-order chi connectivity index (χ0) is 13.5. The van der Waals surface area contributed by atoms with Crippen LogP contribution >= 0.6 is 0 Å². The molecule has 0 aromatic carbocycles. The summed E-state index contributed by atoms with van der Waals surface area (Å²) in [7, 11) is 1.35. The Morgan fingerprint density at radius 1 is 1.50 bits per heavy atom. The quantitative estimate of drug-likeness (QED) is 0.710. The molecule has 0 radical (unpaired) electrons. The number of hydrogen-bond acceptors (Lipinski definition) is 4. The minimum atomic E-state index is -0.533. The maximum absolute atomic E-state index is 12.1. The van der Waals surface area contributed by atoms with E-state index in [0.29, 0.717) is 6.54 Å². The van der Waals surface area contributed by atoms with Gasteiger partial charge in [0.05, 0.1) is 13.0 Å². The van der Waals surface area contributed by atoms with Crippen LogP contribution in [-0.4, -0.2) is 38.1 Å². The van der Waals surface area contributed by atoms with Gasteiger partial charge < -0.3 is 15.4 Å². The molecule has 0 saturated carbocycles. The summed E-state index contributed by atoms with van der Waals surface area (Å²) in [6, 6.07) is -0.533. The van der Waals surface area contributed by atoms with Crippen molar-refractivity contribution >= 4 is 11.9 Å². The molecular weight excluding hydrogens is 232 g/mol. The number of amides is 1. The summed E-state index contributed by atoms with van der Waals surface area (Å²) in [5, 5.41) is 6.03. The molecule has 0 aromatic heterocycles. The van der Waals surface area contributed by atoms with Gasteiger partial charge in [-0.1, -0.05) is 20.3 Å². The van der Waals surface area contributed by atoms with E-state index in [1.165, 1.54) is 7.11 Å². The molecule has 0 aliphatic carbocycles. The van der Waals surface area contributed by atoms with Crippen LogP contribution < -0.4 is 10.6 Å². The lowest BCUT2D eigenvalue weighted by Crippen LogP contribution is -2.50. The predicted octanol–water partition coefficient (Wildman–Crippen LogP) is 0.690. The highest BCUT2D eigenvalue weighted by molar-refractivity contribution is 5.86. The van der Waals surface area contributed by atoms with Crippen molar-refractivity contribution in [2.75, 3.05) is 20.2 Å². The number of carbonyl (C=O) groups excluding carboxylic acids is 2. The molecule has 3 unspecified atom stereocenters. The molecule has 1 rings (SSSR count). The first kappa shape index (κ1) is 15.0. The van der Waals surface area contributed by atoms with Crippen molar-refractivity contribution in [1.29, 1.82) is 0 Å². The summed E-state index contributed by atoms with van der Waals surface area (Å²) in [6.45, 7) is 5.60. The van der Waals surface area contributed by atoms with E-state index in [9.17, 15) is 9.59 Å². The third kappa shape index (κ3) is 3.98. The fourth-order valence-corrected chi connectivity index (χ4v) is 2.14. The van der Waals surface area contributed by atoms with E-state index in [0.717, 1.165) is 25.8 Å². The number of piperidine rings is 1. The SMILES string of the molecule is CCC(C)C(NC(=O)C1CCCNC1)C(=O)OC. The van der Waals surface area contributed by atoms with Crippen molar-refractivity contribution < 1.29 is 14.3 Å². The number of methoxy groups -OCH3 is 1. The fourth-order valence-electron chi connectivity index (χ4n) is 2.14. The number of ether oxygens (including phenoxy) is 1. The Labute approximate surface area is 109 Å². The van der Waals surface area contributed by atoms with Crippen molar-refractivity contribution in [3.05, 3.63) is 0 Å². The number of hydrogen-bond donors (Lipinski definition) is 2. The molecule has 5 nitrogen and oxygen atoms in total. The van der Waals surface area contributed by atoms with Gasteiger partial charge in [-0.05, 0) is 25.3 Å². The van der Waals surface area contributed by atoms with Crippen LogP contribution in [0.4, 0.5) is 0 Å². The molecule has 3 atom stereocenters. The number of rotatable bonds is 5. The standard InChI is InChI=1S/C13H24N2O3/c1-4-9(2)11(13(17)18-3)15-12(16)10-6-5-7-14-8-10/h9-11,14H,4-8H2,1-3H3,(H,15,16). The topological polar surface area (TPSA) is 67.4 Å². The Morgan fingerprint density at radius 2 is 2.22 bits per heavy atom. The van der Waals surface area contributed by atoms with Crippen LogP contribution in [0.5, 0.6) is 0 Å². The van der Waals surface area contributed by atoms with Crippen LogP contribution in [0.15, 0.2) is 0 Å². The van der Waals surface area contributed by atoms with Gasteiger partial charge in [-0.15, -0.1) is 0 Å². The monoisotopic (exact) mass is 256 g/mol. The summed E-state index contributed by atoms with van der Waals surface area (Å²) in [4.78, 5) is 23.8. The summed E-state index contributed by atoms with van der Waals surface area (Å²) >= 11 is 0. The van der Waals surface area contributed by atoms with Crippen LogP contribution in [0.1, 0.15) is 33.1 Å². The third-order valence-electron chi connectivity index (χ3n) is 3.63. The molecule has 1 amide bonds. The molecule has 1 aliphatic heterocycles. The van der Waals surface area contributed by atoms with E-state index >= 15 is 0 Å². The van der Waals surface area contributed by atoms with Gasteiger partial charge in [-0.2, -0.15) is 0 Å². The predicted molar refractivity (Wildman–Crippen MR) is 69.0 cm³/mol. The number of nitrogens with one attached hydrogen (secondary N) is 2. The third-order valence-corrected chi connectivity index (χ3v) is 3.63. The molecule has 2 N–H and O–H groups in total. The van der Waals surface area contributed by atoms with Gasteiger partial charge in [-0.3, -0.25) is 4.79 Å². The smallest absolute Gasteiger partial charge is 0.328 e. The Balaban J connectivity index is 2.58. The van der Waals surface area contributed by atoms with Gasteiger partial charge in [0.25, 0.3) is 0 Å². The van der Waals surface area contributed by atoms with Gasteiger partial charge in [0.15, 0.2) is 0 Å². The van der Waals surface area contributed by atoms with Gasteiger partial charge in [0.2, 0.25) is 5.91 Å².